The molecular weight excluding hydrogens is 552 g/mol. The largest absolute Gasteiger partial charge is 2.00 e. The standard InChI is InChI=1S/2C18H12N.Zr/c2*1-2-6-16-13(5-1)11-15-12-14(8-9-17(15)16)18-7-3-4-10-19-18;/h2*1-10,12,16H;/q2*-1;+2. The topological polar surface area (TPSA) is 25.8 Å². The summed E-state index contributed by atoms with van der Waals surface area (Å²) >= 11 is 0. The fraction of sp³-hybridized carbons (Fsp3) is 0.0556. The minimum atomic E-state index is 0. The second-order valence-corrected chi connectivity index (χ2v) is 9.64. The van der Waals surface area contributed by atoms with Gasteiger partial charge in [-0.25, -0.2) is 0 Å². The van der Waals surface area contributed by atoms with Crippen molar-refractivity contribution < 1.29 is 26.2 Å². The maximum atomic E-state index is 4.40. The summed E-state index contributed by atoms with van der Waals surface area (Å²) in [5, 5.41) is 0. The molecule has 2 aromatic carbocycles. The number of rotatable bonds is 2. The summed E-state index contributed by atoms with van der Waals surface area (Å²) in [7, 11) is 0. The molecule has 0 fully saturated rings. The zero-order chi connectivity index (χ0) is 25.3. The van der Waals surface area contributed by atoms with E-state index in [0.717, 1.165) is 22.5 Å². The van der Waals surface area contributed by atoms with Gasteiger partial charge in [-0.3, -0.25) is 9.97 Å². The Bertz CT molecular complexity index is 1580. The van der Waals surface area contributed by atoms with E-state index in [9.17, 15) is 0 Å². The number of hydrogen-bond donors (Lipinski definition) is 0. The van der Waals surface area contributed by atoms with Gasteiger partial charge < -0.3 is 0 Å². The van der Waals surface area contributed by atoms with Gasteiger partial charge in [0.25, 0.3) is 0 Å². The summed E-state index contributed by atoms with van der Waals surface area (Å²) in [6.07, 6.45) is 27.8. The van der Waals surface area contributed by atoms with Crippen LogP contribution < -0.4 is 0 Å². The van der Waals surface area contributed by atoms with Crippen LogP contribution in [0.15, 0.2) is 145 Å². The fourth-order valence-electron chi connectivity index (χ4n) is 5.43. The van der Waals surface area contributed by atoms with Crippen LogP contribution in [0.4, 0.5) is 0 Å². The van der Waals surface area contributed by atoms with Crippen LogP contribution in [-0.4, -0.2) is 9.97 Å². The van der Waals surface area contributed by atoms with Crippen molar-refractivity contribution in [1.82, 2.24) is 9.97 Å². The molecule has 2 nitrogen and oxygen atoms in total. The molecule has 182 valence electrons. The van der Waals surface area contributed by atoms with Gasteiger partial charge in [0, 0.05) is 12.4 Å². The first-order valence-electron chi connectivity index (χ1n) is 12.9. The molecule has 4 aliphatic rings. The van der Waals surface area contributed by atoms with E-state index in [1.54, 1.807) is 0 Å². The van der Waals surface area contributed by atoms with Crippen LogP contribution in [0.5, 0.6) is 0 Å². The number of nitrogens with zero attached hydrogens (tertiary/aromatic N) is 2. The Kier molecular flexibility index (Phi) is 7.18. The Morgan fingerprint density at radius 1 is 0.538 bits per heavy atom. The van der Waals surface area contributed by atoms with Gasteiger partial charge in [-0.05, 0) is 47.2 Å². The van der Waals surface area contributed by atoms with Crippen LogP contribution in [0, 0.1) is 12.2 Å². The van der Waals surface area contributed by atoms with Gasteiger partial charge in [-0.2, -0.15) is 0 Å². The van der Waals surface area contributed by atoms with Crippen LogP contribution in [0.1, 0.15) is 34.1 Å². The van der Waals surface area contributed by atoms with Crippen molar-refractivity contribution in [3.05, 3.63) is 179 Å². The molecule has 0 saturated carbocycles. The number of hydrogen-bond acceptors (Lipinski definition) is 2. The molecule has 0 radical (unpaired) electrons. The molecule has 2 heterocycles. The molecule has 2 aromatic heterocycles. The van der Waals surface area contributed by atoms with Crippen molar-refractivity contribution in [2.75, 3.05) is 0 Å². The Hall–Kier alpha value is -3.94. The third kappa shape index (κ3) is 4.96. The third-order valence-corrected chi connectivity index (χ3v) is 7.31. The zero-order valence-electron chi connectivity index (χ0n) is 21.3. The van der Waals surface area contributed by atoms with Crippen molar-refractivity contribution in [2.45, 2.75) is 11.8 Å². The van der Waals surface area contributed by atoms with Gasteiger partial charge in [0.15, 0.2) is 0 Å². The van der Waals surface area contributed by atoms with Gasteiger partial charge in [-0.1, -0.05) is 60.7 Å². The minimum Gasteiger partial charge on any atom is -0.257 e. The molecule has 3 heteroatoms. The number of aromatic nitrogens is 2. The smallest absolute Gasteiger partial charge is 0.257 e. The normalized spacial score (nSPS) is 18.5. The van der Waals surface area contributed by atoms with Crippen molar-refractivity contribution >= 4 is 0 Å². The van der Waals surface area contributed by atoms with Gasteiger partial charge in [-0.15, -0.1) is 82.0 Å². The second kappa shape index (κ2) is 11.0. The predicted octanol–water partition coefficient (Wildman–Crippen LogP) is 8.10. The average Bonchev–Trinajstić information content (AvgIpc) is 3.56. The van der Waals surface area contributed by atoms with Crippen molar-refractivity contribution in [3.63, 3.8) is 0 Å². The van der Waals surface area contributed by atoms with Gasteiger partial charge in [0.2, 0.25) is 0 Å². The summed E-state index contributed by atoms with van der Waals surface area (Å²) in [4.78, 5) is 8.81. The Morgan fingerprint density at radius 3 is 1.46 bits per heavy atom. The summed E-state index contributed by atoms with van der Waals surface area (Å²) in [6.45, 7) is 0. The van der Waals surface area contributed by atoms with E-state index in [4.69, 9.17) is 0 Å². The molecule has 2 atom stereocenters. The van der Waals surface area contributed by atoms with Gasteiger partial charge >= 0.3 is 26.2 Å². The molecule has 39 heavy (non-hydrogen) atoms. The summed E-state index contributed by atoms with van der Waals surface area (Å²) in [6, 6.07) is 25.1. The second-order valence-electron chi connectivity index (χ2n) is 9.64. The van der Waals surface area contributed by atoms with E-state index in [1.165, 1.54) is 33.4 Å². The number of fused-ring (bicyclic) bond motifs is 6. The van der Waals surface area contributed by atoms with Crippen LogP contribution >= 0.6 is 0 Å². The zero-order valence-corrected chi connectivity index (χ0v) is 23.7. The molecule has 0 bridgehead atoms. The molecule has 4 aliphatic carbocycles. The van der Waals surface area contributed by atoms with Crippen molar-refractivity contribution in [1.29, 1.82) is 0 Å². The molecular formula is C36H24N2Zr. The molecule has 2 unspecified atom stereocenters. The van der Waals surface area contributed by atoms with Crippen molar-refractivity contribution in [3.8, 4) is 22.5 Å². The molecule has 0 saturated heterocycles. The average molecular weight is 576 g/mol. The first-order valence-corrected chi connectivity index (χ1v) is 12.9. The van der Waals surface area contributed by atoms with Gasteiger partial charge in [0.1, 0.15) is 0 Å². The van der Waals surface area contributed by atoms with E-state index >= 15 is 0 Å². The van der Waals surface area contributed by atoms with Crippen LogP contribution in [-0.2, 0) is 26.2 Å². The maximum Gasteiger partial charge on any atom is 2.00 e. The van der Waals surface area contributed by atoms with E-state index in [1.807, 2.05) is 48.8 Å². The Balaban J connectivity index is 0.000000138. The van der Waals surface area contributed by atoms with Crippen LogP contribution in [0.25, 0.3) is 22.5 Å². The summed E-state index contributed by atoms with van der Waals surface area (Å²) in [5.74, 6) is 0.774. The molecule has 0 aliphatic heterocycles. The van der Waals surface area contributed by atoms with Crippen LogP contribution in [0.2, 0.25) is 0 Å². The Morgan fingerprint density at radius 2 is 1.03 bits per heavy atom. The third-order valence-electron chi connectivity index (χ3n) is 7.31. The Labute approximate surface area is 248 Å². The summed E-state index contributed by atoms with van der Waals surface area (Å²) < 4.78 is 0. The molecule has 0 N–H and O–H groups in total. The molecule has 8 rings (SSSR count). The monoisotopic (exact) mass is 574 g/mol. The predicted molar refractivity (Wildman–Crippen MR) is 153 cm³/mol. The number of allylic oxidation sites excluding steroid dienone is 10. The molecule has 0 spiro atoms. The maximum absolute atomic E-state index is 4.40. The number of benzene rings is 2. The number of pyridine rings is 2. The molecule has 0 amide bonds. The summed E-state index contributed by atoms with van der Waals surface area (Å²) in [5.41, 5.74) is 11.9. The SMILES string of the molecule is [C-]1=C2C=CC=CC2c2ccc(-c3ccccn3)cc21.[C-]1=C2C=CC=CC2c2ccc(-c3ccccn3)cc21.[Zr+2]. The fourth-order valence-corrected chi connectivity index (χ4v) is 5.43. The first kappa shape index (κ1) is 25.3. The van der Waals surface area contributed by atoms with E-state index in [-0.39, 0.29) is 26.2 Å². The first-order chi connectivity index (χ1) is 18.8. The molecule has 4 aromatic rings. The van der Waals surface area contributed by atoms with E-state index < -0.39 is 0 Å². The van der Waals surface area contributed by atoms with Crippen molar-refractivity contribution in [2.24, 2.45) is 0 Å². The minimum absolute atomic E-state index is 0. The quantitative estimate of drug-likeness (QED) is 0.226. The van der Waals surface area contributed by atoms with Gasteiger partial charge in [0.05, 0.1) is 11.4 Å². The van der Waals surface area contributed by atoms with E-state index in [2.05, 4.69) is 107 Å². The van der Waals surface area contributed by atoms with E-state index in [0.29, 0.717) is 11.8 Å². The van der Waals surface area contributed by atoms with Crippen LogP contribution in [0.3, 0.4) is 0 Å².